The molecule has 1 atom stereocenters. The largest absolute Gasteiger partial charge is 0.316 e. The molecule has 1 aliphatic heterocycles. The molecule has 76 valence electrons. The van der Waals surface area contributed by atoms with Crippen molar-refractivity contribution >= 4 is 11.8 Å². The van der Waals surface area contributed by atoms with Crippen molar-refractivity contribution in [3.63, 3.8) is 0 Å². The molecule has 0 aliphatic carbocycles. The van der Waals surface area contributed by atoms with Gasteiger partial charge < -0.3 is 5.32 Å². The lowest BCUT2D eigenvalue weighted by Crippen LogP contribution is -2.10. The summed E-state index contributed by atoms with van der Waals surface area (Å²) in [6.07, 6.45) is 3.21. The average Bonchev–Trinajstić information content (AvgIpc) is 2.67. The van der Waals surface area contributed by atoms with Crippen LogP contribution in [0, 0.1) is 12.8 Å². The number of pyridine rings is 1. The molecule has 0 amide bonds. The van der Waals surface area contributed by atoms with Crippen molar-refractivity contribution < 1.29 is 0 Å². The predicted molar refractivity (Wildman–Crippen MR) is 60.7 cm³/mol. The number of nitrogens with zero attached hydrogens (tertiary/aromatic N) is 1. The molecule has 0 saturated carbocycles. The molecule has 2 rings (SSSR count). The van der Waals surface area contributed by atoms with E-state index in [9.17, 15) is 0 Å². The van der Waals surface area contributed by atoms with E-state index in [4.69, 9.17) is 0 Å². The Kier molecular flexibility index (Phi) is 3.43. The number of aryl methyl sites for hydroxylation is 1. The molecule has 0 unspecified atom stereocenters. The maximum Gasteiger partial charge on any atom is 0.0962 e. The van der Waals surface area contributed by atoms with Crippen LogP contribution in [-0.4, -0.2) is 23.8 Å². The second-order valence-electron chi connectivity index (χ2n) is 3.84. The summed E-state index contributed by atoms with van der Waals surface area (Å²) < 4.78 is 0. The fraction of sp³-hybridized carbons (Fsp3) is 0.545. The predicted octanol–water partition coefficient (Wildman–Crippen LogP) is 2.09. The molecular weight excluding hydrogens is 192 g/mol. The number of nitrogens with one attached hydrogen (secondary N) is 1. The van der Waals surface area contributed by atoms with Crippen LogP contribution >= 0.6 is 11.8 Å². The zero-order valence-corrected chi connectivity index (χ0v) is 9.31. The van der Waals surface area contributed by atoms with E-state index < -0.39 is 0 Å². The highest BCUT2D eigenvalue weighted by Gasteiger charge is 2.14. The van der Waals surface area contributed by atoms with Crippen molar-refractivity contribution in [3.05, 3.63) is 23.9 Å². The monoisotopic (exact) mass is 208 g/mol. The lowest BCUT2D eigenvalue weighted by molar-refractivity contribution is 0.662. The van der Waals surface area contributed by atoms with Gasteiger partial charge in [-0.25, -0.2) is 4.98 Å². The summed E-state index contributed by atoms with van der Waals surface area (Å²) in [6.45, 7) is 4.48. The SMILES string of the molecule is Cc1ccnc(SC[C@@H]2CCNC2)c1. The zero-order chi connectivity index (χ0) is 9.80. The van der Waals surface area contributed by atoms with Crippen molar-refractivity contribution in [3.8, 4) is 0 Å². The van der Waals surface area contributed by atoms with Crippen molar-refractivity contribution in [2.45, 2.75) is 18.4 Å². The number of aromatic nitrogens is 1. The van der Waals surface area contributed by atoms with Gasteiger partial charge in [-0.15, -0.1) is 11.8 Å². The third-order valence-electron chi connectivity index (χ3n) is 2.52. The van der Waals surface area contributed by atoms with Crippen LogP contribution in [0.5, 0.6) is 0 Å². The van der Waals surface area contributed by atoms with Gasteiger partial charge in [-0.1, -0.05) is 0 Å². The van der Waals surface area contributed by atoms with Gasteiger partial charge in [0.25, 0.3) is 0 Å². The van der Waals surface area contributed by atoms with E-state index in [2.05, 4.69) is 23.3 Å². The minimum atomic E-state index is 0.835. The maximum atomic E-state index is 4.34. The van der Waals surface area contributed by atoms with Crippen molar-refractivity contribution in [2.75, 3.05) is 18.8 Å². The quantitative estimate of drug-likeness (QED) is 0.770. The lowest BCUT2D eigenvalue weighted by Gasteiger charge is -2.06. The fourth-order valence-corrected chi connectivity index (χ4v) is 2.74. The van der Waals surface area contributed by atoms with Gasteiger partial charge >= 0.3 is 0 Å². The Hall–Kier alpha value is -0.540. The third-order valence-corrected chi connectivity index (χ3v) is 3.68. The van der Waals surface area contributed by atoms with Crippen LogP contribution in [0.15, 0.2) is 23.4 Å². The van der Waals surface area contributed by atoms with E-state index in [-0.39, 0.29) is 0 Å². The summed E-state index contributed by atoms with van der Waals surface area (Å²) in [5, 5.41) is 4.55. The van der Waals surface area contributed by atoms with E-state index >= 15 is 0 Å². The van der Waals surface area contributed by atoms with Crippen LogP contribution < -0.4 is 5.32 Å². The van der Waals surface area contributed by atoms with E-state index in [1.54, 1.807) is 0 Å². The number of hydrogen-bond acceptors (Lipinski definition) is 3. The van der Waals surface area contributed by atoms with Gasteiger partial charge in [-0.3, -0.25) is 0 Å². The van der Waals surface area contributed by atoms with E-state index in [1.165, 1.54) is 30.8 Å². The Morgan fingerprint density at radius 1 is 1.64 bits per heavy atom. The molecule has 1 N–H and O–H groups in total. The standard InChI is InChI=1S/C11H16N2S/c1-9-2-5-13-11(6-9)14-8-10-3-4-12-7-10/h2,5-6,10,12H,3-4,7-8H2,1H3/t10-/m1/s1. The van der Waals surface area contributed by atoms with E-state index in [0.29, 0.717) is 0 Å². The molecule has 1 fully saturated rings. The van der Waals surface area contributed by atoms with Gasteiger partial charge in [0, 0.05) is 11.9 Å². The number of hydrogen-bond donors (Lipinski definition) is 1. The number of rotatable bonds is 3. The molecule has 1 aromatic heterocycles. The highest BCUT2D eigenvalue weighted by molar-refractivity contribution is 7.99. The minimum Gasteiger partial charge on any atom is -0.316 e. The smallest absolute Gasteiger partial charge is 0.0962 e. The van der Waals surface area contributed by atoms with Crippen LogP contribution in [0.25, 0.3) is 0 Å². The highest BCUT2D eigenvalue weighted by atomic mass is 32.2. The molecule has 3 heteroatoms. The first-order valence-electron chi connectivity index (χ1n) is 5.11. The highest BCUT2D eigenvalue weighted by Crippen LogP contribution is 2.21. The molecule has 1 aliphatic rings. The van der Waals surface area contributed by atoms with Crippen LogP contribution in [0.4, 0.5) is 0 Å². The van der Waals surface area contributed by atoms with Gasteiger partial charge in [0.2, 0.25) is 0 Å². The molecule has 0 bridgehead atoms. The summed E-state index contributed by atoms with van der Waals surface area (Å²) >= 11 is 1.88. The minimum absolute atomic E-state index is 0.835. The third kappa shape index (κ3) is 2.72. The summed E-state index contributed by atoms with van der Waals surface area (Å²) in [5.41, 5.74) is 1.30. The first-order chi connectivity index (χ1) is 6.84. The fourth-order valence-electron chi connectivity index (χ4n) is 1.65. The summed E-state index contributed by atoms with van der Waals surface area (Å²) in [7, 11) is 0. The lowest BCUT2D eigenvalue weighted by atomic mass is 10.2. The summed E-state index contributed by atoms with van der Waals surface area (Å²) in [5.74, 6) is 2.03. The number of thioether (sulfide) groups is 1. The Bertz CT molecular complexity index is 295. The van der Waals surface area contributed by atoms with Gasteiger partial charge in [0.05, 0.1) is 5.03 Å². The molecule has 2 heterocycles. The normalized spacial score (nSPS) is 21.4. The Morgan fingerprint density at radius 3 is 3.29 bits per heavy atom. The van der Waals surface area contributed by atoms with Gasteiger partial charge in [-0.2, -0.15) is 0 Å². The molecule has 2 nitrogen and oxygen atoms in total. The van der Waals surface area contributed by atoms with Crippen LogP contribution in [0.2, 0.25) is 0 Å². The van der Waals surface area contributed by atoms with Crippen molar-refractivity contribution in [1.82, 2.24) is 10.3 Å². The maximum absolute atomic E-state index is 4.34. The van der Waals surface area contributed by atoms with E-state index in [1.807, 2.05) is 24.0 Å². The molecular formula is C11H16N2S. The second-order valence-corrected chi connectivity index (χ2v) is 4.88. The van der Waals surface area contributed by atoms with Crippen LogP contribution in [-0.2, 0) is 0 Å². The molecule has 1 saturated heterocycles. The molecule has 14 heavy (non-hydrogen) atoms. The van der Waals surface area contributed by atoms with Crippen LogP contribution in [0.1, 0.15) is 12.0 Å². The zero-order valence-electron chi connectivity index (χ0n) is 8.49. The Balaban J connectivity index is 1.85. The van der Waals surface area contributed by atoms with Gasteiger partial charge in [0.1, 0.15) is 0 Å². The average molecular weight is 208 g/mol. The van der Waals surface area contributed by atoms with Crippen molar-refractivity contribution in [2.24, 2.45) is 5.92 Å². The first-order valence-corrected chi connectivity index (χ1v) is 6.09. The molecule has 0 radical (unpaired) electrons. The summed E-state index contributed by atoms with van der Waals surface area (Å²) in [4.78, 5) is 4.34. The van der Waals surface area contributed by atoms with E-state index in [0.717, 1.165) is 10.9 Å². The van der Waals surface area contributed by atoms with Gasteiger partial charge in [-0.05, 0) is 50.0 Å². The Labute approximate surface area is 89.5 Å². The molecule has 1 aromatic rings. The second kappa shape index (κ2) is 4.80. The first kappa shape index (κ1) is 9.99. The van der Waals surface area contributed by atoms with Gasteiger partial charge in [0.15, 0.2) is 0 Å². The van der Waals surface area contributed by atoms with Crippen molar-refractivity contribution in [1.29, 1.82) is 0 Å². The molecule has 0 spiro atoms. The Morgan fingerprint density at radius 2 is 2.57 bits per heavy atom. The van der Waals surface area contributed by atoms with Crippen LogP contribution in [0.3, 0.4) is 0 Å². The topological polar surface area (TPSA) is 24.9 Å². The summed E-state index contributed by atoms with van der Waals surface area (Å²) in [6, 6.07) is 4.20. The molecule has 0 aromatic carbocycles.